The topological polar surface area (TPSA) is 12.0 Å². The molecule has 0 aliphatic rings. The molecular weight excluding hydrogens is 349 g/mol. The zero-order valence-corrected chi connectivity index (χ0v) is 14.0. The fourth-order valence-corrected chi connectivity index (χ4v) is 4.01. The zero-order chi connectivity index (χ0) is 14.8. The molecule has 3 rings (SSSR count). The largest absolute Gasteiger partial charge is 0.306 e. The molecule has 4 heteroatoms. The minimum absolute atomic E-state index is 0.0174. The van der Waals surface area contributed by atoms with Crippen LogP contribution in [0.25, 0.3) is 10.1 Å². The lowest BCUT2D eigenvalue weighted by molar-refractivity contribution is 0.603. The van der Waals surface area contributed by atoms with E-state index in [9.17, 15) is 4.39 Å². The molecule has 0 spiro atoms. The molecule has 0 aliphatic carbocycles. The summed E-state index contributed by atoms with van der Waals surface area (Å²) < 4.78 is 15.8. The van der Waals surface area contributed by atoms with E-state index in [0.717, 1.165) is 16.6 Å². The van der Waals surface area contributed by atoms with Crippen molar-refractivity contribution in [1.82, 2.24) is 5.32 Å². The average Bonchev–Trinajstić information content (AvgIpc) is 2.91. The summed E-state index contributed by atoms with van der Waals surface area (Å²) >= 11 is 5.27. The van der Waals surface area contributed by atoms with Crippen molar-refractivity contribution >= 4 is 37.4 Å². The lowest BCUT2D eigenvalue weighted by Gasteiger charge is -2.20. The van der Waals surface area contributed by atoms with Gasteiger partial charge in [0.1, 0.15) is 5.82 Å². The Hall–Kier alpha value is -1.23. The minimum Gasteiger partial charge on any atom is -0.306 e. The maximum Gasteiger partial charge on any atom is 0.123 e. The van der Waals surface area contributed by atoms with Crippen LogP contribution in [-0.4, -0.2) is 6.54 Å². The van der Waals surface area contributed by atoms with Crippen LogP contribution in [0.3, 0.4) is 0 Å². The highest BCUT2D eigenvalue weighted by Crippen LogP contribution is 2.36. The fraction of sp³-hybridized carbons (Fsp3) is 0.176. The summed E-state index contributed by atoms with van der Waals surface area (Å²) in [7, 11) is 0. The molecule has 1 atom stereocenters. The second-order valence-electron chi connectivity index (χ2n) is 4.84. The number of halogens is 2. The first kappa shape index (κ1) is 14.7. The lowest BCUT2D eigenvalue weighted by Crippen LogP contribution is -2.22. The highest BCUT2D eigenvalue weighted by molar-refractivity contribution is 9.10. The Labute approximate surface area is 135 Å². The van der Waals surface area contributed by atoms with Crippen LogP contribution in [-0.2, 0) is 0 Å². The molecular formula is C17H15BrFNS. The van der Waals surface area contributed by atoms with Crippen LogP contribution in [0.1, 0.15) is 24.1 Å². The van der Waals surface area contributed by atoms with Crippen molar-refractivity contribution in [3.63, 3.8) is 0 Å². The predicted molar refractivity (Wildman–Crippen MR) is 91.4 cm³/mol. The number of benzene rings is 2. The predicted octanol–water partition coefficient (Wildman–Crippen LogP) is 5.50. The molecule has 2 aromatic carbocycles. The smallest absolute Gasteiger partial charge is 0.123 e. The van der Waals surface area contributed by atoms with Gasteiger partial charge in [-0.1, -0.05) is 41.1 Å². The van der Waals surface area contributed by atoms with Crippen molar-refractivity contribution in [1.29, 1.82) is 0 Å². The Morgan fingerprint density at radius 3 is 2.81 bits per heavy atom. The molecule has 0 saturated carbocycles. The van der Waals surface area contributed by atoms with E-state index in [4.69, 9.17) is 0 Å². The van der Waals surface area contributed by atoms with Gasteiger partial charge in [0.05, 0.1) is 6.04 Å². The maximum atomic E-state index is 13.7. The van der Waals surface area contributed by atoms with Gasteiger partial charge in [0.15, 0.2) is 0 Å². The van der Waals surface area contributed by atoms with E-state index >= 15 is 0 Å². The molecule has 1 heterocycles. The number of fused-ring (bicyclic) bond motifs is 1. The molecule has 0 aliphatic heterocycles. The SMILES string of the molecule is CCNC(c1cc(F)ccc1Br)c1csc2ccccc12. The average molecular weight is 364 g/mol. The molecule has 0 fully saturated rings. The Morgan fingerprint density at radius 2 is 2.00 bits per heavy atom. The third-order valence-electron chi connectivity index (χ3n) is 3.50. The second kappa shape index (κ2) is 6.26. The molecule has 1 unspecified atom stereocenters. The van der Waals surface area contributed by atoms with Gasteiger partial charge in [0.25, 0.3) is 0 Å². The first-order valence-electron chi connectivity index (χ1n) is 6.85. The molecule has 1 N–H and O–H groups in total. The first-order valence-corrected chi connectivity index (χ1v) is 8.52. The van der Waals surface area contributed by atoms with Crippen molar-refractivity contribution in [2.75, 3.05) is 6.54 Å². The Morgan fingerprint density at radius 1 is 1.19 bits per heavy atom. The number of rotatable bonds is 4. The lowest BCUT2D eigenvalue weighted by atomic mass is 9.98. The highest BCUT2D eigenvalue weighted by atomic mass is 79.9. The summed E-state index contributed by atoms with van der Waals surface area (Å²) in [6, 6.07) is 13.2. The van der Waals surface area contributed by atoms with Crippen molar-refractivity contribution in [2.24, 2.45) is 0 Å². The summed E-state index contributed by atoms with van der Waals surface area (Å²) in [4.78, 5) is 0. The summed E-state index contributed by atoms with van der Waals surface area (Å²) in [5.41, 5.74) is 2.13. The summed E-state index contributed by atoms with van der Waals surface area (Å²) in [6.45, 7) is 2.88. The van der Waals surface area contributed by atoms with Crippen LogP contribution >= 0.6 is 27.3 Å². The molecule has 0 amide bonds. The van der Waals surface area contributed by atoms with Crippen LogP contribution in [0, 0.1) is 5.82 Å². The Balaban J connectivity index is 2.15. The van der Waals surface area contributed by atoms with Crippen molar-refractivity contribution in [3.8, 4) is 0 Å². The van der Waals surface area contributed by atoms with Crippen LogP contribution in [0.2, 0.25) is 0 Å². The second-order valence-corrected chi connectivity index (χ2v) is 6.61. The van der Waals surface area contributed by atoms with Crippen LogP contribution in [0.5, 0.6) is 0 Å². The van der Waals surface area contributed by atoms with Gasteiger partial charge < -0.3 is 5.32 Å². The number of hydrogen-bond donors (Lipinski definition) is 1. The first-order chi connectivity index (χ1) is 10.2. The van der Waals surface area contributed by atoms with Gasteiger partial charge in [-0.2, -0.15) is 0 Å². The van der Waals surface area contributed by atoms with Gasteiger partial charge in [-0.25, -0.2) is 4.39 Å². The van der Waals surface area contributed by atoms with E-state index in [1.807, 2.05) is 12.1 Å². The fourth-order valence-electron chi connectivity index (χ4n) is 2.55. The summed E-state index contributed by atoms with van der Waals surface area (Å²) in [5.74, 6) is -0.212. The number of thiophene rings is 1. The number of hydrogen-bond acceptors (Lipinski definition) is 2. The van der Waals surface area contributed by atoms with Crippen LogP contribution < -0.4 is 5.32 Å². The van der Waals surface area contributed by atoms with E-state index in [1.165, 1.54) is 21.7 Å². The molecule has 3 aromatic rings. The minimum atomic E-state index is -0.212. The summed E-state index contributed by atoms with van der Waals surface area (Å²) in [6.07, 6.45) is 0. The van der Waals surface area contributed by atoms with Crippen LogP contribution in [0.15, 0.2) is 52.3 Å². The molecule has 0 radical (unpaired) electrons. The normalized spacial score (nSPS) is 12.7. The van der Waals surface area contributed by atoms with Gasteiger partial charge in [-0.15, -0.1) is 11.3 Å². The van der Waals surface area contributed by atoms with Crippen LogP contribution in [0.4, 0.5) is 4.39 Å². The quantitative estimate of drug-likeness (QED) is 0.644. The molecule has 1 nitrogen and oxygen atoms in total. The zero-order valence-electron chi connectivity index (χ0n) is 11.6. The molecule has 1 aromatic heterocycles. The Kier molecular flexibility index (Phi) is 4.38. The number of nitrogens with one attached hydrogen (secondary N) is 1. The third kappa shape index (κ3) is 2.89. The van der Waals surface area contributed by atoms with Gasteiger partial charge in [-0.05, 0) is 52.7 Å². The standard InChI is InChI=1S/C17H15BrFNS/c1-2-20-17(13-9-11(19)7-8-15(13)18)14-10-21-16-6-4-3-5-12(14)16/h3-10,17,20H,2H2,1H3. The van der Waals surface area contributed by atoms with Crippen molar-refractivity contribution in [2.45, 2.75) is 13.0 Å². The monoisotopic (exact) mass is 363 g/mol. The van der Waals surface area contributed by atoms with Crippen molar-refractivity contribution in [3.05, 3.63) is 69.3 Å². The maximum absolute atomic E-state index is 13.7. The molecule has 108 valence electrons. The molecule has 0 saturated heterocycles. The molecule has 21 heavy (non-hydrogen) atoms. The van der Waals surface area contributed by atoms with Crippen molar-refractivity contribution < 1.29 is 4.39 Å². The van der Waals surface area contributed by atoms with E-state index in [-0.39, 0.29) is 11.9 Å². The van der Waals surface area contributed by atoms with E-state index in [0.29, 0.717) is 0 Å². The van der Waals surface area contributed by atoms with Gasteiger partial charge in [-0.3, -0.25) is 0 Å². The third-order valence-corrected chi connectivity index (χ3v) is 5.20. The Bertz CT molecular complexity index is 768. The van der Waals surface area contributed by atoms with Gasteiger partial charge in [0.2, 0.25) is 0 Å². The van der Waals surface area contributed by atoms with Gasteiger partial charge >= 0.3 is 0 Å². The molecule has 0 bridgehead atoms. The highest BCUT2D eigenvalue weighted by Gasteiger charge is 2.19. The van der Waals surface area contributed by atoms with E-state index in [1.54, 1.807) is 23.5 Å². The van der Waals surface area contributed by atoms with E-state index < -0.39 is 0 Å². The van der Waals surface area contributed by atoms with Gasteiger partial charge in [0, 0.05) is 9.17 Å². The summed E-state index contributed by atoms with van der Waals surface area (Å²) in [5, 5.41) is 6.86. The van der Waals surface area contributed by atoms with E-state index in [2.05, 4.69) is 45.7 Å².